The molecule has 1 aromatic carbocycles. The summed E-state index contributed by atoms with van der Waals surface area (Å²) in [4.78, 5) is 31.0. The fraction of sp³-hybridized carbons (Fsp3) is 0.318. The average molecular weight is 426 g/mol. The van der Waals surface area contributed by atoms with Gasteiger partial charge in [-0.1, -0.05) is 12.1 Å². The van der Waals surface area contributed by atoms with Crippen molar-refractivity contribution in [1.29, 1.82) is 0 Å². The quantitative estimate of drug-likeness (QED) is 0.428. The number of carbonyl (C=O) groups excluding carboxylic acids is 2. The van der Waals surface area contributed by atoms with Crippen LogP contribution in [0.15, 0.2) is 42.7 Å². The molecule has 1 aliphatic rings. The summed E-state index contributed by atoms with van der Waals surface area (Å²) in [5.41, 5.74) is 3.42. The molecule has 0 aliphatic carbocycles. The number of aliphatic hydroxyl groups excluding tert-OH is 1. The second kappa shape index (κ2) is 8.83. The lowest BCUT2D eigenvalue weighted by molar-refractivity contribution is 0.0621. The van der Waals surface area contributed by atoms with Crippen LogP contribution in [0.3, 0.4) is 0 Å². The number of piperidine rings is 1. The Morgan fingerprint density at radius 2 is 2.03 bits per heavy atom. The van der Waals surface area contributed by atoms with Gasteiger partial charge in [-0.25, -0.2) is 14.9 Å². The molecule has 1 atom stereocenters. The molecule has 1 aliphatic heterocycles. The first kappa shape index (κ1) is 21.0. The summed E-state index contributed by atoms with van der Waals surface area (Å²) in [7, 11) is 0. The number of halogens is 1. The third-order valence-electron chi connectivity index (χ3n) is 5.66. The van der Waals surface area contributed by atoms with Crippen LogP contribution in [0.5, 0.6) is 0 Å². The van der Waals surface area contributed by atoms with Crippen molar-refractivity contribution in [1.82, 2.24) is 19.9 Å². The normalized spacial score (nSPS) is 16.5. The molecule has 9 heteroatoms. The Kier molecular flexibility index (Phi) is 5.97. The average Bonchev–Trinajstić information content (AvgIpc) is 3.17. The van der Waals surface area contributed by atoms with Crippen LogP contribution in [0.2, 0.25) is 0 Å². The van der Waals surface area contributed by atoms with E-state index in [1.54, 1.807) is 28.7 Å². The van der Waals surface area contributed by atoms with Crippen molar-refractivity contribution >= 4 is 22.7 Å². The lowest BCUT2D eigenvalue weighted by Gasteiger charge is -2.31. The molecule has 1 fully saturated rings. The van der Waals surface area contributed by atoms with E-state index >= 15 is 0 Å². The molecule has 0 spiro atoms. The van der Waals surface area contributed by atoms with Gasteiger partial charge >= 0.3 is 0 Å². The zero-order chi connectivity index (χ0) is 22.0. The van der Waals surface area contributed by atoms with E-state index in [2.05, 4.69) is 4.98 Å². The number of pyridine rings is 1. The number of hydrogen-bond acceptors (Lipinski definition) is 5. The minimum absolute atomic E-state index is 0.0181. The van der Waals surface area contributed by atoms with Crippen LogP contribution in [-0.4, -0.2) is 56.3 Å². The zero-order valence-electron chi connectivity index (χ0n) is 16.8. The zero-order valence-corrected chi connectivity index (χ0v) is 16.8. The van der Waals surface area contributed by atoms with Crippen molar-refractivity contribution in [3.8, 4) is 0 Å². The summed E-state index contributed by atoms with van der Waals surface area (Å²) in [6, 6.07) is 7.55. The molecule has 3 aromatic rings. The van der Waals surface area contributed by atoms with Crippen molar-refractivity contribution in [3.63, 3.8) is 0 Å². The molecule has 0 saturated carbocycles. The SMILES string of the molecule is O=C(NO)c1cc2c(C(=O)N3CCCC(CO)C3)cn(Cc3ccc(F)cc3)c2cn1. The molecule has 2 amide bonds. The van der Waals surface area contributed by atoms with Crippen LogP contribution in [0.25, 0.3) is 10.9 Å². The van der Waals surface area contributed by atoms with Gasteiger partial charge < -0.3 is 14.6 Å². The second-order valence-electron chi connectivity index (χ2n) is 7.77. The van der Waals surface area contributed by atoms with Gasteiger partial charge in [0.05, 0.1) is 17.3 Å². The van der Waals surface area contributed by atoms with Gasteiger partial charge in [0, 0.05) is 37.8 Å². The number of fused-ring (bicyclic) bond motifs is 1. The second-order valence-corrected chi connectivity index (χ2v) is 7.77. The highest BCUT2D eigenvalue weighted by Gasteiger charge is 2.27. The number of nitrogens with one attached hydrogen (secondary N) is 1. The minimum Gasteiger partial charge on any atom is -0.396 e. The number of likely N-dealkylation sites (tertiary alicyclic amines) is 1. The summed E-state index contributed by atoms with van der Waals surface area (Å²) in [5, 5.41) is 19.0. The first-order valence-electron chi connectivity index (χ1n) is 10.1. The Bertz CT molecular complexity index is 1110. The molecule has 162 valence electrons. The summed E-state index contributed by atoms with van der Waals surface area (Å²) in [6.07, 6.45) is 4.87. The molecular formula is C22H23FN4O4. The highest BCUT2D eigenvalue weighted by molar-refractivity contribution is 6.08. The molecule has 1 unspecified atom stereocenters. The summed E-state index contributed by atoms with van der Waals surface area (Å²) < 4.78 is 15.1. The number of benzene rings is 1. The Balaban J connectivity index is 1.75. The number of amides is 2. The first-order valence-corrected chi connectivity index (χ1v) is 10.1. The van der Waals surface area contributed by atoms with Crippen molar-refractivity contribution in [2.24, 2.45) is 5.92 Å². The number of hydrogen-bond donors (Lipinski definition) is 3. The van der Waals surface area contributed by atoms with Crippen LogP contribution in [0.1, 0.15) is 39.3 Å². The predicted octanol–water partition coefficient (Wildman–Crippen LogP) is 2.19. The highest BCUT2D eigenvalue weighted by atomic mass is 19.1. The molecule has 3 N–H and O–H groups in total. The number of aromatic nitrogens is 2. The van der Waals surface area contributed by atoms with Crippen LogP contribution in [0.4, 0.5) is 4.39 Å². The van der Waals surface area contributed by atoms with Crippen molar-refractivity contribution in [2.75, 3.05) is 19.7 Å². The molecule has 1 saturated heterocycles. The molecule has 0 radical (unpaired) electrons. The van der Waals surface area contributed by atoms with Gasteiger partial charge in [0.1, 0.15) is 11.5 Å². The van der Waals surface area contributed by atoms with Gasteiger partial charge in [0.2, 0.25) is 0 Å². The van der Waals surface area contributed by atoms with Crippen molar-refractivity contribution in [3.05, 3.63) is 65.4 Å². The number of nitrogens with zero attached hydrogens (tertiary/aromatic N) is 3. The van der Waals surface area contributed by atoms with Gasteiger partial charge in [-0.3, -0.25) is 14.8 Å². The summed E-state index contributed by atoms with van der Waals surface area (Å²) in [6.45, 7) is 1.47. The van der Waals surface area contributed by atoms with E-state index in [4.69, 9.17) is 5.21 Å². The molecule has 4 rings (SSSR count). The van der Waals surface area contributed by atoms with Crippen LogP contribution in [0, 0.1) is 11.7 Å². The molecule has 8 nitrogen and oxygen atoms in total. The third kappa shape index (κ3) is 4.28. The maximum absolute atomic E-state index is 13.3. The number of carbonyl (C=O) groups is 2. The lowest BCUT2D eigenvalue weighted by Crippen LogP contribution is -2.40. The highest BCUT2D eigenvalue weighted by Crippen LogP contribution is 2.26. The van der Waals surface area contributed by atoms with Crippen LogP contribution < -0.4 is 5.48 Å². The van der Waals surface area contributed by atoms with Crippen molar-refractivity contribution < 1.29 is 24.3 Å². The molecule has 31 heavy (non-hydrogen) atoms. The van der Waals surface area contributed by atoms with Crippen molar-refractivity contribution in [2.45, 2.75) is 19.4 Å². The van der Waals surface area contributed by atoms with E-state index in [0.717, 1.165) is 18.4 Å². The first-order chi connectivity index (χ1) is 15.0. The number of aliphatic hydroxyl groups is 1. The summed E-state index contributed by atoms with van der Waals surface area (Å²) in [5.74, 6) is -1.25. The standard InChI is InChI=1S/C22H23FN4O4/c23-16-5-3-14(4-6-16)10-27-12-18(22(30)26-7-1-2-15(11-26)13-28)17-8-19(21(29)25-31)24-9-20(17)27/h3-6,8-9,12,15,28,31H,1-2,7,10-11,13H2,(H,25,29). The monoisotopic (exact) mass is 426 g/mol. The molecule has 0 bridgehead atoms. The van der Waals surface area contributed by atoms with Gasteiger partial charge in [-0.15, -0.1) is 0 Å². The van der Waals surface area contributed by atoms with Gasteiger partial charge in [0.15, 0.2) is 0 Å². The third-order valence-corrected chi connectivity index (χ3v) is 5.66. The van der Waals surface area contributed by atoms with E-state index in [0.29, 0.717) is 36.1 Å². The fourth-order valence-electron chi connectivity index (χ4n) is 4.03. The lowest BCUT2D eigenvalue weighted by atomic mass is 9.98. The maximum Gasteiger partial charge on any atom is 0.293 e. The minimum atomic E-state index is -0.773. The largest absolute Gasteiger partial charge is 0.396 e. The van der Waals surface area contributed by atoms with E-state index in [-0.39, 0.29) is 29.9 Å². The van der Waals surface area contributed by atoms with Gasteiger partial charge in [-0.05, 0) is 42.5 Å². The van der Waals surface area contributed by atoms with E-state index in [1.165, 1.54) is 24.4 Å². The van der Waals surface area contributed by atoms with Crippen LogP contribution >= 0.6 is 0 Å². The fourth-order valence-corrected chi connectivity index (χ4v) is 4.03. The van der Waals surface area contributed by atoms with Gasteiger partial charge in [-0.2, -0.15) is 0 Å². The topological polar surface area (TPSA) is 108 Å². The Morgan fingerprint density at radius 3 is 2.74 bits per heavy atom. The molecule has 2 aromatic heterocycles. The number of rotatable bonds is 5. The smallest absolute Gasteiger partial charge is 0.293 e. The Labute approximate surface area is 177 Å². The van der Waals surface area contributed by atoms with E-state index in [1.807, 2.05) is 4.57 Å². The molecular weight excluding hydrogens is 403 g/mol. The molecule has 3 heterocycles. The van der Waals surface area contributed by atoms with Gasteiger partial charge in [0.25, 0.3) is 11.8 Å². The van der Waals surface area contributed by atoms with Crippen LogP contribution in [-0.2, 0) is 6.54 Å². The van der Waals surface area contributed by atoms with E-state index < -0.39 is 5.91 Å². The Morgan fingerprint density at radius 1 is 1.26 bits per heavy atom. The number of hydroxylamine groups is 1. The predicted molar refractivity (Wildman–Crippen MR) is 110 cm³/mol. The Hall–Kier alpha value is -3.30. The summed E-state index contributed by atoms with van der Waals surface area (Å²) >= 11 is 0. The maximum atomic E-state index is 13.3. The van der Waals surface area contributed by atoms with E-state index in [9.17, 15) is 19.1 Å².